The molecule has 16 N–H and O–H groups in total. The maximum absolute atomic E-state index is 15.5. The van der Waals surface area contributed by atoms with Crippen molar-refractivity contribution < 1.29 is 91.6 Å². The van der Waals surface area contributed by atoms with Crippen LogP contribution in [0, 0.1) is 26.6 Å². The van der Waals surface area contributed by atoms with Crippen LogP contribution in [0.15, 0.2) is 108 Å². The lowest BCUT2D eigenvalue weighted by Crippen LogP contribution is -2.66. The van der Waals surface area contributed by atoms with Crippen molar-refractivity contribution in [2.75, 3.05) is 44.3 Å². The average molecular weight is 1670 g/mol. The van der Waals surface area contributed by atoms with Gasteiger partial charge in [-0.2, -0.15) is 5.21 Å². The number of primary amides is 1. The Morgan fingerprint density at radius 2 is 1.30 bits per heavy atom. The SMILES string of the molecule is CCc1cc(OCCCCN=[N+]=[N-])ccc1-c1ccc(C[C@H](NC(=O)[C@H](CC(=O)O)NC(=O)[C@H](C)NC(=O)[C@@H](NC(=O)C(C)(Cc2ccccc2F)NC(=O)[C@@H](NC(=O)CNC(=O)[C@H](Cc2nn[nH]n2)NC(=O)CSCC(=O)NCCN2C(=O)c3ccc(C)cc3C2=O)[C@@H](C)O)[C@@H](C)O)C(=O)N[C@@H](CCCc2cc(C)cc(C)c2)C(N)=O)cc1. The lowest BCUT2D eigenvalue weighted by molar-refractivity contribution is -0.142. The molecule has 2 heterocycles. The monoisotopic (exact) mass is 1670 g/mol. The first kappa shape index (κ1) is 93.4. The number of aliphatic hydroxyl groups excluding tert-OH is 2. The summed E-state index contributed by atoms with van der Waals surface area (Å²) in [6.07, 6.45) is -3.10. The van der Waals surface area contributed by atoms with Gasteiger partial charge in [0.2, 0.25) is 65.0 Å². The molecule has 37 nitrogen and oxygen atoms in total. The summed E-state index contributed by atoms with van der Waals surface area (Å²) in [5, 5.41) is 73.1. The number of amides is 13. The van der Waals surface area contributed by atoms with Gasteiger partial charge in [-0.1, -0.05) is 107 Å². The first-order valence-electron chi connectivity index (χ1n) is 38.3. The lowest BCUT2D eigenvalue weighted by atomic mass is 9.90. The number of carboxylic acid groups (broad SMARTS) is 1. The summed E-state index contributed by atoms with van der Waals surface area (Å²) >= 11 is 0.850. The average Bonchev–Trinajstić information content (AvgIpc) is 0.901. The van der Waals surface area contributed by atoms with E-state index in [1.54, 1.807) is 49.4 Å². The smallest absolute Gasteiger partial charge is 0.305 e. The number of halogens is 1. The Labute approximate surface area is 688 Å². The second kappa shape index (κ2) is 45.1. The second-order valence-corrected chi connectivity index (χ2v) is 30.0. The van der Waals surface area contributed by atoms with Crippen LogP contribution in [0.5, 0.6) is 5.75 Å². The standard InChI is InChI=1S/C80H100FN19O18S/c1-9-51-36-54(118-30-13-12-27-86-97-83)24-26-55(51)52-22-20-49(21-23-52)35-60(73(111)89-59(70(82)108)18-14-15-50-32-44(3)31-45(4)33-50)91-74(112)62(38-67(106)107)90-71(109)46(5)87-75(113)68(47(6)101)93-79(117)80(8,39-53-16-10-11-17-58(53)81)94-76(114)69(48(7)102)92-64(103)40-85-72(110)61(37-63-95-98-99-96-63)88-66(105)42-119-41-65(104)84-28-29-100-77(115)56-25-19-43(2)34-57(56)78(100)116/h10-11,16-17,19-26,31-34,36,46-48,59-62,68-69,101-102H,9,12-15,18,27-30,35,37-42H2,1-8H3,(H2,82,108)(H,84,104)(H,85,110)(H,87,113)(H,88,105)(H,89,111)(H,90,109)(H,91,112)(H,92,103)(H,93,117)(H,94,114)(H,106,107)(H,95,96,98,99)/t46-,47+,48+,59-,60-,61-,62-,68-,69-,80?/m0/s1. The van der Waals surface area contributed by atoms with Crippen molar-refractivity contribution in [1.82, 2.24) is 78.7 Å². The molecular formula is C80H100FN19O18S. The number of nitrogens with two attached hydrogens (primary N) is 1. The van der Waals surface area contributed by atoms with Gasteiger partial charge in [-0.15, -0.1) is 22.0 Å². The molecule has 0 radical (unpaired) electrons. The van der Waals surface area contributed by atoms with Crippen LogP contribution in [0.1, 0.15) is 132 Å². The van der Waals surface area contributed by atoms with E-state index in [2.05, 4.69) is 83.8 Å². The van der Waals surface area contributed by atoms with Crippen LogP contribution in [0.2, 0.25) is 0 Å². The Bertz CT molecular complexity index is 4700. The van der Waals surface area contributed by atoms with Crippen molar-refractivity contribution in [3.63, 3.8) is 0 Å². The molecule has 0 fully saturated rings. The predicted octanol–water partition coefficient (Wildman–Crippen LogP) is 1.29. The topological polar surface area (TPSA) is 562 Å². The number of nitrogens with one attached hydrogen (secondary N) is 11. The van der Waals surface area contributed by atoms with E-state index in [1.165, 1.54) is 18.2 Å². The number of nitrogens with zero attached hydrogens (tertiary/aromatic N) is 7. The quantitative estimate of drug-likeness (QED) is 0.00841. The predicted molar refractivity (Wildman–Crippen MR) is 431 cm³/mol. The van der Waals surface area contributed by atoms with Crippen molar-refractivity contribution in [2.45, 2.75) is 180 Å². The summed E-state index contributed by atoms with van der Waals surface area (Å²) in [4.78, 5) is 194. The summed E-state index contributed by atoms with van der Waals surface area (Å²) in [6.45, 7) is 11.6. The summed E-state index contributed by atoms with van der Waals surface area (Å²) in [6, 6.07) is 16.6. The summed E-state index contributed by atoms with van der Waals surface area (Å²) in [5.74, 6) is -15.0. The number of benzene rings is 5. The zero-order chi connectivity index (χ0) is 87.2. The number of imide groups is 1. The van der Waals surface area contributed by atoms with E-state index in [0.717, 1.165) is 89.4 Å². The zero-order valence-electron chi connectivity index (χ0n) is 67.0. The van der Waals surface area contributed by atoms with Gasteiger partial charge in [0, 0.05) is 43.8 Å². The molecule has 7 rings (SSSR count). The number of H-pyrrole nitrogens is 1. The van der Waals surface area contributed by atoms with Crippen LogP contribution in [0.4, 0.5) is 4.39 Å². The highest BCUT2D eigenvalue weighted by Gasteiger charge is 2.43. The van der Waals surface area contributed by atoms with Gasteiger partial charge in [0.15, 0.2) is 5.82 Å². The number of aromatic nitrogens is 4. The van der Waals surface area contributed by atoms with Crippen molar-refractivity contribution >= 4 is 94.5 Å². The molecule has 13 amide bonds. The number of unbranched alkanes of at least 4 members (excludes halogenated alkanes) is 1. The minimum Gasteiger partial charge on any atom is -0.494 e. The molecule has 119 heavy (non-hydrogen) atoms. The number of hydrogen-bond acceptors (Lipinski definition) is 22. The van der Waals surface area contributed by atoms with Gasteiger partial charge in [-0.25, -0.2) is 4.39 Å². The largest absolute Gasteiger partial charge is 0.494 e. The fourth-order valence-electron chi connectivity index (χ4n) is 12.9. The molecule has 39 heteroatoms. The van der Waals surface area contributed by atoms with Crippen molar-refractivity contribution in [3.8, 4) is 16.9 Å². The van der Waals surface area contributed by atoms with Gasteiger partial charge < -0.3 is 79.0 Å². The van der Waals surface area contributed by atoms with E-state index in [4.69, 9.17) is 16.0 Å². The second-order valence-electron chi connectivity index (χ2n) is 29.0. The number of carbonyl (C=O) groups excluding carboxylic acids is 13. The van der Waals surface area contributed by atoms with Gasteiger partial charge in [-0.05, 0) is 156 Å². The van der Waals surface area contributed by atoms with Crippen LogP contribution >= 0.6 is 11.8 Å². The number of rotatable bonds is 47. The third kappa shape index (κ3) is 28.6. The molecule has 0 saturated carbocycles. The summed E-state index contributed by atoms with van der Waals surface area (Å²) in [5.41, 5.74) is 19.3. The van der Waals surface area contributed by atoms with E-state index in [-0.39, 0.29) is 66.4 Å². The van der Waals surface area contributed by atoms with Gasteiger partial charge in [0.25, 0.3) is 11.8 Å². The molecule has 10 atom stereocenters. The third-order valence-electron chi connectivity index (χ3n) is 19.1. The number of azide groups is 1. The molecule has 0 bridgehead atoms. The van der Waals surface area contributed by atoms with Crippen LogP contribution in [0.25, 0.3) is 21.6 Å². The molecule has 636 valence electrons. The number of hydrogen-bond donors (Lipinski definition) is 15. The molecule has 1 aliphatic heterocycles. The first-order chi connectivity index (χ1) is 56.6. The maximum Gasteiger partial charge on any atom is 0.305 e. The van der Waals surface area contributed by atoms with Crippen LogP contribution in [-0.2, 0) is 89.6 Å². The molecule has 1 aliphatic rings. The number of aliphatic carboxylic acids is 1. The fourth-order valence-corrected chi connectivity index (χ4v) is 13.6. The van der Waals surface area contributed by atoms with Gasteiger partial charge in [0.1, 0.15) is 59.4 Å². The number of fused-ring (bicyclic) bond motifs is 1. The van der Waals surface area contributed by atoms with Crippen molar-refractivity contribution in [2.24, 2.45) is 10.8 Å². The summed E-state index contributed by atoms with van der Waals surface area (Å²) in [7, 11) is 0. The van der Waals surface area contributed by atoms with Gasteiger partial charge in [0.05, 0.1) is 54.4 Å². The number of carboxylic acids is 1. The molecule has 1 unspecified atom stereocenters. The normalized spacial score (nSPS) is 14.4. The summed E-state index contributed by atoms with van der Waals surface area (Å²) < 4.78 is 21.5. The van der Waals surface area contributed by atoms with Crippen molar-refractivity contribution in [1.29, 1.82) is 0 Å². The van der Waals surface area contributed by atoms with Gasteiger partial charge >= 0.3 is 5.97 Å². The van der Waals surface area contributed by atoms with E-state index in [9.17, 15) is 82.4 Å². The van der Waals surface area contributed by atoms with E-state index in [0.29, 0.717) is 56.6 Å². The van der Waals surface area contributed by atoms with E-state index >= 15 is 4.39 Å². The Kier molecular flexibility index (Phi) is 35.4. The molecule has 0 saturated heterocycles. The molecule has 1 aromatic heterocycles. The van der Waals surface area contributed by atoms with Gasteiger partial charge in [-0.3, -0.25) is 72.0 Å². The Hall–Kier alpha value is -12.7. The van der Waals surface area contributed by atoms with E-state index in [1.807, 2.05) is 57.2 Å². The first-order valence-corrected chi connectivity index (χ1v) is 39.5. The number of carbonyl (C=O) groups is 14. The van der Waals surface area contributed by atoms with E-state index < -0.39 is 168 Å². The number of thioether (sulfide) groups is 1. The minimum absolute atomic E-state index is 0.0552. The highest BCUT2D eigenvalue weighted by Crippen LogP contribution is 2.30. The number of aryl methyl sites for hydroxylation is 5. The molecule has 6 aromatic rings. The Morgan fingerprint density at radius 3 is 1.96 bits per heavy atom. The lowest BCUT2D eigenvalue weighted by Gasteiger charge is -2.34. The Morgan fingerprint density at radius 1 is 0.655 bits per heavy atom. The third-order valence-corrected chi connectivity index (χ3v) is 20.0. The minimum atomic E-state index is -2.37. The molecular weight excluding hydrogens is 1570 g/mol. The van der Waals surface area contributed by atoms with Crippen LogP contribution in [-0.4, -0.2) is 228 Å². The number of ether oxygens (including phenoxy) is 1. The highest BCUT2D eigenvalue weighted by molar-refractivity contribution is 8.00. The maximum atomic E-state index is 15.5. The Balaban J connectivity index is 0.992. The molecule has 5 aromatic carbocycles. The molecule has 0 aliphatic carbocycles. The van der Waals surface area contributed by atoms with Crippen LogP contribution < -0.4 is 63.6 Å². The van der Waals surface area contributed by atoms with Crippen molar-refractivity contribution in [3.05, 3.63) is 175 Å². The fraction of sp³-hybridized carbons (Fsp3) is 0.438. The number of aromatic amines is 1. The van der Waals surface area contributed by atoms with Crippen LogP contribution in [0.3, 0.4) is 0 Å². The highest BCUT2D eigenvalue weighted by atomic mass is 32.2. The number of tetrazole rings is 1. The molecule has 0 spiro atoms. The zero-order valence-corrected chi connectivity index (χ0v) is 67.8. The number of aliphatic hydroxyl groups is 2.